The Balaban J connectivity index is 1.62. The number of carbonyl (C=O) groups is 2. The maximum atomic E-state index is 12.9. The average Bonchev–Trinajstić information content (AvgIpc) is 3.07. The van der Waals surface area contributed by atoms with Crippen molar-refractivity contribution in [1.29, 1.82) is 0 Å². The van der Waals surface area contributed by atoms with Crippen molar-refractivity contribution in [2.75, 3.05) is 13.2 Å². The number of nitrogens with one attached hydrogen (secondary N) is 1. The van der Waals surface area contributed by atoms with Gasteiger partial charge in [-0.05, 0) is 5.56 Å². The first-order valence-corrected chi connectivity index (χ1v) is 9.20. The number of hydrogen-bond donors (Lipinski definition) is 1. The Labute approximate surface area is 152 Å². The molecule has 5 nitrogen and oxygen atoms in total. The third kappa shape index (κ3) is 2.97. The van der Waals surface area contributed by atoms with Gasteiger partial charge in [0, 0.05) is 36.3 Å². The Morgan fingerprint density at radius 2 is 1.88 bits per heavy atom. The molecule has 2 fully saturated rings. The van der Waals surface area contributed by atoms with Crippen molar-refractivity contribution in [2.24, 2.45) is 11.8 Å². The molecule has 136 valence electrons. The van der Waals surface area contributed by atoms with Gasteiger partial charge in [0.05, 0.1) is 18.8 Å². The summed E-state index contributed by atoms with van der Waals surface area (Å²) >= 11 is 0. The molecule has 1 saturated carbocycles. The van der Waals surface area contributed by atoms with E-state index in [1.165, 1.54) is 0 Å². The highest BCUT2D eigenvalue weighted by Gasteiger charge is 2.55. The first-order valence-electron chi connectivity index (χ1n) is 9.20. The number of ether oxygens (including phenoxy) is 1. The van der Waals surface area contributed by atoms with Gasteiger partial charge in [0.15, 0.2) is 11.5 Å². The third-order valence-electron chi connectivity index (χ3n) is 5.54. The maximum Gasteiger partial charge on any atom is 0.255 e. The fourth-order valence-electron chi connectivity index (χ4n) is 3.79. The monoisotopic (exact) mass is 353 g/mol. The van der Waals surface area contributed by atoms with Crippen molar-refractivity contribution in [3.8, 4) is 0 Å². The topological polar surface area (TPSA) is 68.5 Å². The van der Waals surface area contributed by atoms with Gasteiger partial charge in [-0.25, -0.2) is 0 Å². The number of furan rings is 1. The number of amides is 1. The highest BCUT2D eigenvalue weighted by atomic mass is 16.5. The summed E-state index contributed by atoms with van der Waals surface area (Å²) in [5, 5.41) is 3.10. The van der Waals surface area contributed by atoms with Crippen LogP contribution in [0.4, 0.5) is 0 Å². The molecule has 1 aliphatic carbocycles. The molecule has 2 aliphatic rings. The van der Waals surface area contributed by atoms with E-state index >= 15 is 0 Å². The lowest BCUT2D eigenvalue weighted by atomic mass is 9.96. The molecule has 1 saturated heterocycles. The molecule has 1 unspecified atom stereocenters. The Morgan fingerprint density at radius 3 is 2.54 bits per heavy atom. The number of ketones is 1. The van der Waals surface area contributed by atoms with E-state index in [0.29, 0.717) is 42.8 Å². The predicted molar refractivity (Wildman–Crippen MR) is 96.3 cm³/mol. The molecule has 2 aromatic rings. The largest absolute Gasteiger partial charge is 0.456 e. The van der Waals surface area contributed by atoms with Crippen LogP contribution in [-0.2, 0) is 4.74 Å². The Hall–Kier alpha value is -2.40. The highest BCUT2D eigenvalue weighted by molar-refractivity contribution is 6.00. The number of hydrogen-bond acceptors (Lipinski definition) is 4. The molecule has 5 heteroatoms. The second-order valence-electron chi connectivity index (χ2n) is 7.16. The number of rotatable bonds is 6. The van der Waals surface area contributed by atoms with Crippen LogP contribution in [0, 0.1) is 11.8 Å². The second kappa shape index (κ2) is 6.72. The number of carbonyl (C=O) groups excluding carboxylic acids is 2. The summed E-state index contributed by atoms with van der Waals surface area (Å²) in [6, 6.07) is 11.6. The lowest BCUT2D eigenvalue weighted by Gasteiger charge is -2.12. The summed E-state index contributed by atoms with van der Waals surface area (Å²) in [6.45, 7) is 5.21. The standard InChI is InChI=1S/C21H23NO4/c1-3-17(23)18-9-14(21(24)22-19-15-10-25-11-16(15)19)20(26-18)12(2)13-7-5-4-6-8-13/h4-9,12,15-16,19H,3,10-11H2,1-2H3,(H,22,24)/t12-,15-,16+,19?/m1/s1. The van der Waals surface area contributed by atoms with Crippen LogP contribution >= 0.6 is 0 Å². The molecule has 26 heavy (non-hydrogen) atoms. The van der Waals surface area contributed by atoms with Crippen molar-refractivity contribution >= 4 is 11.7 Å². The van der Waals surface area contributed by atoms with Gasteiger partial charge in [0.1, 0.15) is 5.76 Å². The molecule has 1 aromatic carbocycles. The maximum absolute atomic E-state index is 12.9. The molecular formula is C21H23NO4. The molecule has 1 amide bonds. The van der Waals surface area contributed by atoms with Crippen molar-refractivity contribution in [1.82, 2.24) is 5.32 Å². The van der Waals surface area contributed by atoms with Crippen LogP contribution in [0.15, 0.2) is 40.8 Å². The lowest BCUT2D eigenvalue weighted by Crippen LogP contribution is -2.30. The van der Waals surface area contributed by atoms with E-state index in [1.807, 2.05) is 37.3 Å². The minimum atomic E-state index is -0.166. The van der Waals surface area contributed by atoms with E-state index in [-0.39, 0.29) is 29.4 Å². The highest BCUT2D eigenvalue weighted by Crippen LogP contribution is 2.44. The zero-order valence-corrected chi connectivity index (χ0v) is 15.0. The van der Waals surface area contributed by atoms with Crippen molar-refractivity contribution < 1.29 is 18.7 Å². The first-order chi connectivity index (χ1) is 12.6. The van der Waals surface area contributed by atoms with Crippen LogP contribution in [-0.4, -0.2) is 30.9 Å². The van der Waals surface area contributed by atoms with Crippen molar-refractivity contribution in [3.63, 3.8) is 0 Å². The van der Waals surface area contributed by atoms with E-state index in [2.05, 4.69) is 5.32 Å². The van der Waals surface area contributed by atoms with E-state index in [1.54, 1.807) is 13.0 Å². The summed E-state index contributed by atoms with van der Waals surface area (Å²) in [4.78, 5) is 25.0. The molecule has 1 N–H and O–H groups in total. The summed E-state index contributed by atoms with van der Waals surface area (Å²) in [7, 11) is 0. The van der Waals surface area contributed by atoms with Crippen LogP contribution in [0.3, 0.4) is 0 Å². The van der Waals surface area contributed by atoms with Gasteiger partial charge in [-0.1, -0.05) is 44.2 Å². The molecule has 0 bridgehead atoms. The molecule has 4 atom stereocenters. The van der Waals surface area contributed by atoms with E-state index < -0.39 is 0 Å². The number of fused-ring (bicyclic) bond motifs is 1. The zero-order chi connectivity index (χ0) is 18.3. The number of Topliss-reactive ketones (excluding diaryl/α,β-unsaturated/α-hetero) is 1. The summed E-state index contributed by atoms with van der Waals surface area (Å²) in [5.74, 6) is 1.29. The second-order valence-corrected chi connectivity index (χ2v) is 7.16. The van der Waals surface area contributed by atoms with Gasteiger partial charge in [-0.2, -0.15) is 0 Å². The van der Waals surface area contributed by atoms with Crippen molar-refractivity contribution in [3.05, 3.63) is 59.0 Å². The van der Waals surface area contributed by atoms with Crippen LogP contribution in [0.5, 0.6) is 0 Å². The van der Waals surface area contributed by atoms with Gasteiger partial charge in [0.2, 0.25) is 0 Å². The van der Waals surface area contributed by atoms with Gasteiger partial charge in [-0.15, -0.1) is 0 Å². The Kier molecular flexibility index (Phi) is 4.41. The third-order valence-corrected chi connectivity index (χ3v) is 5.54. The molecule has 0 spiro atoms. The van der Waals surface area contributed by atoms with E-state index in [9.17, 15) is 9.59 Å². The first kappa shape index (κ1) is 17.0. The normalized spacial score (nSPS) is 24.8. The molecule has 0 radical (unpaired) electrons. The van der Waals surface area contributed by atoms with Gasteiger partial charge < -0.3 is 14.5 Å². The Bertz CT molecular complexity index is 816. The van der Waals surface area contributed by atoms with Crippen LogP contribution in [0.2, 0.25) is 0 Å². The van der Waals surface area contributed by atoms with Gasteiger partial charge >= 0.3 is 0 Å². The van der Waals surface area contributed by atoms with Gasteiger partial charge in [0.25, 0.3) is 5.91 Å². The minimum Gasteiger partial charge on any atom is -0.456 e. The summed E-state index contributed by atoms with van der Waals surface area (Å²) in [6.07, 6.45) is 0.345. The fraction of sp³-hybridized carbons (Fsp3) is 0.429. The lowest BCUT2D eigenvalue weighted by molar-refractivity contribution is 0.0923. The fourth-order valence-corrected chi connectivity index (χ4v) is 3.79. The van der Waals surface area contributed by atoms with Crippen molar-refractivity contribution in [2.45, 2.75) is 32.2 Å². The minimum absolute atomic E-state index is 0.0951. The number of benzene rings is 1. The van der Waals surface area contributed by atoms with Crippen LogP contribution in [0.25, 0.3) is 0 Å². The molecule has 4 rings (SSSR count). The average molecular weight is 353 g/mol. The zero-order valence-electron chi connectivity index (χ0n) is 15.0. The van der Waals surface area contributed by atoms with Gasteiger partial charge in [-0.3, -0.25) is 9.59 Å². The van der Waals surface area contributed by atoms with Crippen LogP contribution in [0.1, 0.15) is 58.4 Å². The van der Waals surface area contributed by atoms with Crippen LogP contribution < -0.4 is 5.32 Å². The Morgan fingerprint density at radius 1 is 1.19 bits per heavy atom. The summed E-state index contributed by atoms with van der Waals surface area (Å²) in [5.41, 5.74) is 1.51. The molecule has 2 heterocycles. The van der Waals surface area contributed by atoms with E-state index in [0.717, 1.165) is 5.56 Å². The SMILES string of the molecule is CCC(=O)c1cc(C(=O)NC2[C@H]3COC[C@@H]23)c([C@H](C)c2ccccc2)o1. The summed E-state index contributed by atoms with van der Waals surface area (Å²) < 4.78 is 11.2. The smallest absolute Gasteiger partial charge is 0.255 e. The molecular weight excluding hydrogens is 330 g/mol. The quantitative estimate of drug-likeness (QED) is 0.808. The molecule has 1 aromatic heterocycles. The van der Waals surface area contributed by atoms with E-state index in [4.69, 9.17) is 9.15 Å². The molecule has 1 aliphatic heterocycles. The predicted octanol–water partition coefficient (Wildman–Crippen LogP) is 3.40.